The minimum absolute atomic E-state index is 0.0131. The molecule has 25 heavy (non-hydrogen) atoms. The summed E-state index contributed by atoms with van der Waals surface area (Å²) in [5, 5.41) is 6.11. The van der Waals surface area contributed by atoms with E-state index in [2.05, 4.69) is 22.8 Å². The molecule has 7 heteroatoms. The topological polar surface area (TPSA) is 38.0 Å². The SMILES string of the molecule is C[C@H](C(=O)Nc1cc(Cl)ccc1Cl)[NH+]1CC[NH+](Cc2cccs2)CC1. The Morgan fingerprint density at radius 2 is 2.00 bits per heavy atom. The van der Waals surface area contributed by atoms with E-state index in [9.17, 15) is 4.79 Å². The maximum absolute atomic E-state index is 12.6. The highest BCUT2D eigenvalue weighted by molar-refractivity contribution is 7.09. The first-order chi connectivity index (χ1) is 12.0. The Bertz CT molecular complexity index is 715. The van der Waals surface area contributed by atoms with Crippen LogP contribution in [0.5, 0.6) is 0 Å². The number of anilines is 1. The predicted octanol–water partition coefficient (Wildman–Crippen LogP) is 1.37. The van der Waals surface area contributed by atoms with Gasteiger partial charge in [0, 0.05) is 5.02 Å². The second-order valence-electron chi connectivity index (χ2n) is 6.50. The number of amides is 1. The van der Waals surface area contributed by atoms with Gasteiger partial charge in [0.1, 0.15) is 32.7 Å². The van der Waals surface area contributed by atoms with Crippen molar-refractivity contribution < 1.29 is 14.6 Å². The quantitative estimate of drug-likeness (QED) is 0.697. The van der Waals surface area contributed by atoms with E-state index in [0.29, 0.717) is 15.7 Å². The largest absolute Gasteiger partial charge is 0.321 e. The van der Waals surface area contributed by atoms with Crippen molar-refractivity contribution in [2.45, 2.75) is 19.5 Å². The Morgan fingerprint density at radius 1 is 1.24 bits per heavy atom. The molecule has 1 aliphatic rings. The van der Waals surface area contributed by atoms with Gasteiger partial charge in [-0.15, -0.1) is 11.3 Å². The van der Waals surface area contributed by atoms with Gasteiger partial charge in [0.05, 0.1) is 15.6 Å². The molecule has 2 aromatic rings. The molecule has 1 fully saturated rings. The van der Waals surface area contributed by atoms with Gasteiger partial charge in [-0.2, -0.15) is 0 Å². The molecule has 0 aliphatic carbocycles. The first-order valence-corrected chi connectivity index (χ1v) is 10.1. The molecule has 0 saturated carbocycles. The fourth-order valence-electron chi connectivity index (χ4n) is 3.21. The van der Waals surface area contributed by atoms with E-state index in [1.807, 2.05) is 18.3 Å². The number of thiophene rings is 1. The van der Waals surface area contributed by atoms with Crippen molar-refractivity contribution in [3.63, 3.8) is 0 Å². The number of benzene rings is 1. The monoisotopic (exact) mass is 399 g/mol. The van der Waals surface area contributed by atoms with Crippen LogP contribution in [0.25, 0.3) is 0 Å². The zero-order valence-corrected chi connectivity index (χ0v) is 16.5. The van der Waals surface area contributed by atoms with Crippen LogP contribution in [0.3, 0.4) is 0 Å². The van der Waals surface area contributed by atoms with Crippen molar-refractivity contribution >= 4 is 46.1 Å². The van der Waals surface area contributed by atoms with Gasteiger partial charge in [0.15, 0.2) is 6.04 Å². The third-order valence-corrected chi connectivity index (χ3v) is 6.24. The minimum atomic E-state index is -0.113. The Morgan fingerprint density at radius 3 is 2.68 bits per heavy atom. The van der Waals surface area contributed by atoms with Crippen LogP contribution in [0.15, 0.2) is 35.7 Å². The van der Waals surface area contributed by atoms with E-state index >= 15 is 0 Å². The van der Waals surface area contributed by atoms with E-state index in [0.717, 1.165) is 32.7 Å². The van der Waals surface area contributed by atoms with Gasteiger partial charge in [-0.3, -0.25) is 4.79 Å². The molecule has 1 atom stereocenters. The van der Waals surface area contributed by atoms with Crippen LogP contribution in [0.1, 0.15) is 11.8 Å². The fourth-order valence-corrected chi connectivity index (χ4v) is 4.33. The van der Waals surface area contributed by atoms with Crippen molar-refractivity contribution in [3.05, 3.63) is 50.6 Å². The van der Waals surface area contributed by atoms with Crippen molar-refractivity contribution in [1.29, 1.82) is 0 Å². The van der Waals surface area contributed by atoms with E-state index < -0.39 is 0 Å². The summed E-state index contributed by atoms with van der Waals surface area (Å²) in [4.78, 5) is 16.9. The van der Waals surface area contributed by atoms with Crippen LogP contribution in [0.2, 0.25) is 10.0 Å². The van der Waals surface area contributed by atoms with Gasteiger partial charge in [-0.1, -0.05) is 29.3 Å². The molecule has 0 unspecified atom stereocenters. The van der Waals surface area contributed by atoms with Gasteiger partial charge in [0.2, 0.25) is 0 Å². The average Bonchev–Trinajstić information content (AvgIpc) is 3.11. The molecule has 1 aliphatic heterocycles. The van der Waals surface area contributed by atoms with Crippen LogP contribution < -0.4 is 15.1 Å². The Balaban J connectivity index is 1.52. The molecule has 0 radical (unpaired) electrons. The van der Waals surface area contributed by atoms with E-state index in [1.54, 1.807) is 23.1 Å². The number of rotatable bonds is 5. The third kappa shape index (κ3) is 4.96. The lowest BCUT2D eigenvalue weighted by molar-refractivity contribution is -1.02. The normalized spacial score (nSPS) is 21.7. The van der Waals surface area contributed by atoms with E-state index in [1.165, 1.54) is 9.78 Å². The van der Waals surface area contributed by atoms with Crippen molar-refractivity contribution in [2.75, 3.05) is 31.5 Å². The fraction of sp³-hybridized carbons (Fsp3) is 0.389. The molecule has 3 N–H and O–H groups in total. The molecule has 1 aromatic carbocycles. The maximum atomic E-state index is 12.6. The number of halogens is 2. The zero-order valence-electron chi connectivity index (χ0n) is 14.1. The number of piperazine rings is 1. The Kier molecular flexibility index (Phi) is 6.36. The molecule has 0 bridgehead atoms. The summed E-state index contributed by atoms with van der Waals surface area (Å²) < 4.78 is 0. The van der Waals surface area contributed by atoms with Gasteiger partial charge in [-0.05, 0) is 36.6 Å². The molecule has 1 aromatic heterocycles. The minimum Gasteiger partial charge on any atom is -0.321 e. The second-order valence-corrected chi connectivity index (χ2v) is 8.38. The second kappa shape index (κ2) is 8.52. The molecular formula is C18H23Cl2N3OS+2. The molecule has 3 rings (SSSR count). The summed E-state index contributed by atoms with van der Waals surface area (Å²) in [5.74, 6) is -0.0131. The lowest BCUT2D eigenvalue weighted by Gasteiger charge is -2.32. The number of carbonyl (C=O) groups is 1. The standard InChI is InChI=1S/C18H21Cl2N3OS/c1-13(18(24)21-17-11-14(19)4-5-16(17)20)23-8-6-22(7-9-23)12-15-3-2-10-25-15/h2-5,10-11,13H,6-9,12H2,1H3,(H,21,24)/p+2/t13-/m1/s1. The summed E-state index contributed by atoms with van der Waals surface area (Å²) >= 11 is 13.9. The smallest absolute Gasteiger partial charge is 0.282 e. The molecule has 134 valence electrons. The summed E-state index contributed by atoms with van der Waals surface area (Å²) in [5.41, 5.74) is 0.576. The van der Waals surface area contributed by atoms with Crippen LogP contribution in [0, 0.1) is 0 Å². The van der Waals surface area contributed by atoms with Gasteiger partial charge >= 0.3 is 0 Å². The number of nitrogens with one attached hydrogen (secondary N) is 3. The van der Waals surface area contributed by atoms with Gasteiger partial charge in [0.25, 0.3) is 5.91 Å². The molecular weight excluding hydrogens is 377 g/mol. The van der Waals surface area contributed by atoms with Gasteiger partial charge in [-0.25, -0.2) is 0 Å². The lowest BCUT2D eigenvalue weighted by atomic mass is 10.2. The van der Waals surface area contributed by atoms with Crippen LogP contribution >= 0.6 is 34.5 Å². The molecule has 4 nitrogen and oxygen atoms in total. The molecule has 1 saturated heterocycles. The molecule has 0 spiro atoms. The zero-order chi connectivity index (χ0) is 17.8. The van der Waals surface area contributed by atoms with Crippen molar-refractivity contribution in [2.24, 2.45) is 0 Å². The maximum Gasteiger partial charge on any atom is 0.282 e. The summed E-state index contributed by atoms with van der Waals surface area (Å²) in [6, 6.07) is 9.29. The third-order valence-electron chi connectivity index (χ3n) is 4.80. The van der Waals surface area contributed by atoms with Gasteiger partial charge < -0.3 is 15.1 Å². The highest BCUT2D eigenvalue weighted by atomic mass is 35.5. The molecule has 2 heterocycles. The average molecular weight is 400 g/mol. The highest BCUT2D eigenvalue weighted by Gasteiger charge is 2.31. The summed E-state index contributed by atoms with van der Waals surface area (Å²) in [6.07, 6.45) is 0. The van der Waals surface area contributed by atoms with Crippen LogP contribution in [-0.4, -0.2) is 38.1 Å². The number of hydrogen-bond donors (Lipinski definition) is 3. The molecule has 1 amide bonds. The van der Waals surface area contributed by atoms with Crippen LogP contribution in [0.4, 0.5) is 5.69 Å². The number of quaternary nitrogens is 2. The summed E-state index contributed by atoms with van der Waals surface area (Å²) in [6.45, 7) is 7.24. The number of carbonyl (C=O) groups excluding carboxylic acids is 1. The van der Waals surface area contributed by atoms with E-state index in [4.69, 9.17) is 23.2 Å². The lowest BCUT2D eigenvalue weighted by Crippen LogP contribution is -3.29. The Labute approximate surface area is 162 Å². The summed E-state index contributed by atoms with van der Waals surface area (Å²) in [7, 11) is 0. The van der Waals surface area contributed by atoms with E-state index in [-0.39, 0.29) is 11.9 Å². The number of hydrogen-bond acceptors (Lipinski definition) is 2. The predicted molar refractivity (Wildman–Crippen MR) is 104 cm³/mol. The van der Waals surface area contributed by atoms with Crippen molar-refractivity contribution in [3.8, 4) is 0 Å². The van der Waals surface area contributed by atoms with Crippen LogP contribution in [-0.2, 0) is 11.3 Å². The first-order valence-electron chi connectivity index (χ1n) is 8.49. The Hall–Kier alpha value is -1.11. The highest BCUT2D eigenvalue weighted by Crippen LogP contribution is 2.25. The first kappa shape index (κ1) is 18.7. The van der Waals surface area contributed by atoms with Crippen molar-refractivity contribution in [1.82, 2.24) is 0 Å².